The van der Waals surface area contributed by atoms with Crippen molar-refractivity contribution in [3.63, 3.8) is 0 Å². The van der Waals surface area contributed by atoms with Crippen molar-refractivity contribution in [3.8, 4) is 0 Å². The molecule has 45 heavy (non-hydrogen) atoms. The van der Waals surface area contributed by atoms with Crippen LogP contribution in [0.25, 0.3) is 0 Å². The smallest absolute Gasteiger partial charge is 0.338 e. The lowest BCUT2D eigenvalue weighted by Gasteiger charge is -2.32. The Labute approximate surface area is 259 Å². The lowest BCUT2D eigenvalue weighted by Crippen LogP contribution is -2.51. The van der Waals surface area contributed by atoms with E-state index in [1.165, 1.54) is 0 Å². The Hall–Kier alpha value is -5.32. The number of hydrogen-bond acceptors (Lipinski definition) is 10. The van der Waals surface area contributed by atoms with Crippen molar-refractivity contribution in [1.29, 1.82) is 0 Å². The SMILES string of the molecule is O=C(OCC1OCOC(COC(=O)c2ccccc2)C(OC(=O)c2ccccc2)C1OC(=O)c1ccccc1)c1ccccc1. The Morgan fingerprint density at radius 2 is 0.756 bits per heavy atom. The van der Waals surface area contributed by atoms with Gasteiger partial charge in [-0.25, -0.2) is 19.2 Å². The van der Waals surface area contributed by atoms with Gasteiger partial charge in [0.1, 0.15) is 32.2 Å². The van der Waals surface area contributed by atoms with Crippen LogP contribution in [0, 0.1) is 0 Å². The van der Waals surface area contributed by atoms with Crippen LogP contribution in [0.3, 0.4) is 0 Å². The van der Waals surface area contributed by atoms with Crippen molar-refractivity contribution in [2.24, 2.45) is 0 Å². The molecule has 4 atom stereocenters. The first-order chi connectivity index (χ1) is 22.0. The van der Waals surface area contributed by atoms with Crippen molar-refractivity contribution < 1.29 is 47.6 Å². The van der Waals surface area contributed by atoms with Crippen LogP contribution in [0.4, 0.5) is 0 Å². The van der Waals surface area contributed by atoms with Gasteiger partial charge in [0.2, 0.25) is 0 Å². The van der Waals surface area contributed by atoms with E-state index in [1.807, 2.05) is 0 Å². The Balaban J connectivity index is 1.44. The average molecular weight is 611 g/mol. The Kier molecular flexibility index (Phi) is 10.7. The van der Waals surface area contributed by atoms with Crippen molar-refractivity contribution in [3.05, 3.63) is 144 Å². The summed E-state index contributed by atoms with van der Waals surface area (Å²) in [5, 5.41) is 0. The third-order valence-corrected chi connectivity index (χ3v) is 6.90. The van der Waals surface area contributed by atoms with E-state index in [-0.39, 0.29) is 31.1 Å². The molecule has 0 saturated carbocycles. The minimum absolute atomic E-state index is 0.225. The van der Waals surface area contributed by atoms with E-state index in [9.17, 15) is 19.2 Å². The van der Waals surface area contributed by atoms with Crippen LogP contribution in [-0.2, 0) is 28.4 Å². The van der Waals surface area contributed by atoms with E-state index in [1.54, 1.807) is 121 Å². The molecule has 0 bridgehead atoms. The number of rotatable bonds is 10. The first-order valence-corrected chi connectivity index (χ1v) is 14.2. The van der Waals surface area contributed by atoms with Gasteiger partial charge in [-0.15, -0.1) is 0 Å². The molecule has 1 aliphatic heterocycles. The number of ether oxygens (including phenoxy) is 6. The molecule has 4 aromatic rings. The molecule has 1 aliphatic rings. The minimum Gasteiger partial charge on any atom is -0.459 e. The molecule has 1 fully saturated rings. The minimum atomic E-state index is -1.35. The van der Waals surface area contributed by atoms with Gasteiger partial charge in [0.25, 0.3) is 0 Å². The normalized spacial score (nSPS) is 19.4. The van der Waals surface area contributed by atoms with Crippen molar-refractivity contribution in [1.82, 2.24) is 0 Å². The lowest BCUT2D eigenvalue weighted by molar-refractivity contribution is -0.125. The molecule has 1 saturated heterocycles. The van der Waals surface area contributed by atoms with Gasteiger partial charge < -0.3 is 28.4 Å². The molecule has 4 aromatic carbocycles. The van der Waals surface area contributed by atoms with Crippen LogP contribution in [0.2, 0.25) is 0 Å². The highest BCUT2D eigenvalue weighted by molar-refractivity contribution is 5.91. The summed E-state index contributed by atoms with van der Waals surface area (Å²) in [4.78, 5) is 52.2. The topological polar surface area (TPSA) is 124 Å². The van der Waals surface area contributed by atoms with E-state index in [2.05, 4.69) is 0 Å². The highest BCUT2D eigenvalue weighted by atomic mass is 16.7. The predicted molar refractivity (Wildman–Crippen MR) is 159 cm³/mol. The molecule has 230 valence electrons. The molecule has 0 aromatic heterocycles. The zero-order chi connectivity index (χ0) is 31.4. The number of benzene rings is 4. The summed E-state index contributed by atoms with van der Waals surface area (Å²) < 4.78 is 34.7. The van der Waals surface area contributed by atoms with Gasteiger partial charge in [-0.1, -0.05) is 72.8 Å². The summed E-state index contributed by atoms with van der Waals surface area (Å²) in [6, 6.07) is 33.1. The van der Waals surface area contributed by atoms with Crippen LogP contribution in [0.5, 0.6) is 0 Å². The molecule has 0 radical (unpaired) electrons. The van der Waals surface area contributed by atoms with Crippen molar-refractivity contribution in [2.75, 3.05) is 20.0 Å². The van der Waals surface area contributed by atoms with E-state index >= 15 is 0 Å². The molecule has 4 unspecified atom stereocenters. The zero-order valence-corrected chi connectivity index (χ0v) is 24.1. The summed E-state index contributed by atoms with van der Waals surface area (Å²) in [6.07, 6.45) is -4.96. The summed E-state index contributed by atoms with van der Waals surface area (Å²) in [6.45, 7) is -1.13. The molecule has 10 heteroatoms. The Morgan fingerprint density at radius 1 is 0.467 bits per heavy atom. The van der Waals surface area contributed by atoms with Crippen LogP contribution in [-0.4, -0.2) is 68.3 Å². The highest BCUT2D eigenvalue weighted by Gasteiger charge is 2.46. The average Bonchev–Trinajstić information content (AvgIpc) is 3.25. The summed E-state index contributed by atoms with van der Waals surface area (Å²) >= 11 is 0. The molecule has 0 spiro atoms. The molecular weight excluding hydrogens is 580 g/mol. The molecule has 0 aliphatic carbocycles. The maximum atomic E-state index is 13.3. The van der Waals surface area contributed by atoms with Gasteiger partial charge in [-0.3, -0.25) is 0 Å². The quantitative estimate of drug-likeness (QED) is 0.181. The second-order valence-electron chi connectivity index (χ2n) is 9.93. The van der Waals surface area contributed by atoms with Crippen LogP contribution < -0.4 is 0 Å². The zero-order valence-electron chi connectivity index (χ0n) is 24.1. The van der Waals surface area contributed by atoms with Gasteiger partial charge in [-0.2, -0.15) is 0 Å². The highest BCUT2D eigenvalue weighted by Crippen LogP contribution is 2.25. The summed E-state index contributed by atoms with van der Waals surface area (Å²) in [7, 11) is 0. The summed E-state index contributed by atoms with van der Waals surface area (Å²) in [5.74, 6) is -2.76. The standard InChI is InChI=1S/C35H30O10/c36-32(24-13-5-1-6-14-24)40-21-28-30(44-34(38)26-17-9-3-10-18-26)31(45-35(39)27-19-11-4-12-20-27)29(43-23-42-28)22-41-33(37)25-15-7-2-8-16-25/h1-20,28-31H,21-23H2. The van der Waals surface area contributed by atoms with E-state index in [0.717, 1.165) is 0 Å². The second kappa shape index (κ2) is 15.4. The second-order valence-corrected chi connectivity index (χ2v) is 9.93. The summed E-state index contributed by atoms with van der Waals surface area (Å²) in [5.41, 5.74) is 1.06. The third-order valence-electron chi connectivity index (χ3n) is 6.90. The van der Waals surface area contributed by atoms with E-state index < -0.39 is 48.3 Å². The fourth-order valence-corrected chi connectivity index (χ4v) is 4.56. The van der Waals surface area contributed by atoms with E-state index in [4.69, 9.17) is 28.4 Å². The predicted octanol–water partition coefficient (Wildman–Crippen LogP) is 4.89. The molecular formula is C35H30O10. The molecule has 10 nitrogen and oxygen atoms in total. The monoisotopic (exact) mass is 610 g/mol. The Bertz CT molecular complexity index is 1440. The van der Waals surface area contributed by atoms with Crippen LogP contribution in [0.1, 0.15) is 41.4 Å². The maximum absolute atomic E-state index is 13.3. The number of carbonyl (C=O) groups excluding carboxylic acids is 4. The first kappa shape index (κ1) is 31.1. The Morgan fingerprint density at radius 3 is 1.07 bits per heavy atom. The van der Waals surface area contributed by atoms with Crippen LogP contribution >= 0.6 is 0 Å². The molecule has 1 heterocycles. The van der Waals surface area contributed by atoms with Gasteiger partial charge in [0.15, 0.2) is 12.2 Å². The largest absolute Gasteiger partial charge is 0.459 e. The first-order valence-electron chi connectivity index (χ1n) is 14.2. The van der Waals surface area contributed by atoms with Crippen molar-refractivity contribution >= 4 is 23.9 Å². The van der Waals surface area contributed by atoms with Gasteiger partial charge >= 0.3 is 23.9 Å². The van der Waals surface area contributed by atoms with Gasteiger partial charge in [0.05, 0.1) is 22.3 Å². The van der Waals surface area contributed by atoms with Gasteiger partial charge in [0, 0.05) is 0 Å². The number of esters is 4. The molecule has 0 amide bonds. The fourth-order valence-electron chi connectivity index (χ4n) is 4.56. The van der Waals surface area contributed by atoms with Crippen molar-refractivity contribution in [2.45, 2.75) is 24.4 Å². The number of carbonyl (C=O) groups is 4. The molecule has 5 rings (SSSR count). The van der Waals surface area contributed by atoms with E-state index in [0.29, 0.717) is 11.1 Å². The van der Waals surface area contributed by atoms with Gasteiger partial charge in [-0.05, 0) is 48.5 Å². The fraction of sp³-hybridized carbons (Fsp3) is 0.200. The maximum Gasteiger partial charge on any atom is 0.338 e. The number of hydrogen-bond donors (Lipinski definition) is 0. The third kappa shape index (κ3) is 8.41. The van der Waals surface area contributed by atoms with Crippen LogP contribution in [0.15, 0.2) is 121 Å². The lowest BCUT2D eigenvalue weighted by atomic mass is 10.0. The molecule has 0 N–H and O–H groups in total.